The Morgan fingerprint density at radius 3 is 2.52 bits per heavy atom. The molecule has 0 saturated heterocycles. The van der Waals surface area contributed by atoms with Crippen molar-refractivity contribution in [2.45, 2.75) is 38.1 Å². The summed E-state index contributed by atoms with van der Waals surface area (Å²) < 4.78 is 5.51. The number of nitrogens with one attached hydrogen (secondary N) is 1. The highest BCUT2D eigenvalue weighted by molar-refractivity contribution is 5.92. The number of fused-ring (bicyclic) bond motifs is 2. The molecular weight excluding hydrogens is 366 g/mol. The Morgan fingerprint density at radius 2 is 1.89 bits per heavy atom. The largest absolute Gasteiger partial charge is 0.484 e. The van der Waals surface area contributed by atoms with Gasteiger partial charge in [-0.2, -0.15) is 0 Å². The van der Waals surface area contributed by atoms with E-state index in [-0.39, 0.29) is 42.8 Å². The van der Waals surface area contributed by atoms with E-state index in [2.05, 4.69) is 5.32 Å². The number of amides is 2. The van der Waals surface area contributed by atoms with Crippen molar-refractivity contribution in [1.29, 1.82) is 0 Å². The van der Waals surface area contributed by atoms with Crippen molar-refractivity contribution in [3.05, 3.63) is 24.3 Å². The van der Waals surface area contributed by atoms with Crippen LogP contribution in [0.2, 0.25) is 0 Å². The first-order chi connectivity index (χ1) is 12.4. The fraction of sp³-hybridized carbons (Fsp3) is 0.600. The molecule has 1 aromatic rings. The van der Waals surface area contributed by atoms with Gasteiger partial charge in [-0.1, -0.05) is 12.5 Å². The monoisotopic (exact) mass is 395 g/mol. The predicted octanol–water partition coefficient (Wildman–Crippen LogP) is 2.67. The molecule has 2 amide bonds. The maximum Gasteiger partial charge on any atom is 0.259 e. The van der Waals surface area contributed by atoms with E-state index in [1.54, 1.807) is 26.2 Å². The van der Waals surface area contributed by atoms with Crippen molar-refractivity contribution in [3.8, 4) is 5.75 Å². The summed E-state index contributed by atoms with van der Waals surface area (Å²) in [7, 11) is 3.38. The summed E-state index contributed by atoms with van der Waals surface area (Å²) >= 11 is 0. The van der Waals surface area contributed by atoms with Crippen LogP contribution in [-0.2, 0) is 9.59 Å². The van der Waals surface area contributed by atoms with E-state index in [0.29, 0.717) is 23.3 Å². The molecular formula is C20H30ClN3O3. The Morgan fingerprint density at radius 1 is 1.22 bits per heavy atom. The number of carbonyl (C=O) groups is 2. The number of nitrogens with two attached hydrogens (primary N) is 1. The van der Waals surface area contributed by atoms with Gasteiger partial charge >= 0.3 is 0 Å². The molecule has 1 aromatic carbocycles. The SMILES string of the molecule is CN(C)C(=O)COc1cccc(NC(=O)C2CC3CCCC(C2)C3N)c1.Cl. The molecule has 2 aliphatic carbocycles. The van der Waals surface area contributed by atoms with Gasteiger partial charge in [0.05, 0.1) is 0 Å². The Kier molecular flexibility index (Phi) is 7.50. The molecule has 27 heavy (non-hydrogen) atoms. The van der Waals surface area contributed by atoms with Gasteiger partial charge in [0, 0.05) is 37.8 Å². The first-order valence-electron chi connectivity index (χ1n) is 9.43. The number of hydrogen-bond donors (Lipinski definition) is 2. The third kappa shape index (κ3) is 5.36. The predicted molar refractivity (Wildman–Crippen MR) is 108 cm³/mol. The van der Waals surface area contributed by atoms with Crippen molar-refractivity contribution in [2.24, 2.45) is 23.5 Å². The lowest BCUT2D eigenvalue weighted by Crippen LogP contribution is -2.48. The molecule has 3 N–H and O–H groups in total. The summed E-state index contributed by atoms with van der Waals surface area (Å²) in [6.07, 6.45) is 5.30. The minimum Gasteiger partial charge on any atom is -0.484 e. The first-order valence-corrected chi connectivity index (χ1v) is 9.43. The molecule has 2 saturated carbocycles. The zero-order valence-electron chi connectivity index (χ0n) is 16.0. The van der Waals surface area contributed by atoms with Gasteiger partial charge in [-0.25, -0.2) is 0 Å². The Labute approximate surface area is 167 Å². The van der Waals surface area contributed by atoms with E-state index in [1.165, 1.54) is 11.3 Å². The van der Waals surface area contributed by atoms with Crippen LogP contribution in [0.5, 0.6) is 5.75 Å². The van der Waals surface area contributed by atoms with E-state index in [4.69, 9.17) is 10.5 Å². The van der Waals surface area contributed by atoms with Gasteiger partial charge in [0.25, 0.3) is 5.91 Å². The molecule has 0 aromatic heterocycles. The zero-order chi connectivity index (χ0) is 18.7. The molecule has 0 heterocycles. The van der Waals surface area contributed by atoms with E-state index in [0.717, 1.165) is 25.7 Å². The summed E-state index contributed by atoms with van der Waals surface area (Å²) in [5, 5.41) is 3.01. The van der Waals surface area contributed by atoms with Gasteiger partial charge in [-0.05, 0) is 49.7 Å². The molecule has 6 nitrogen and oxygen atoms in total. The van der Waals surface area contributed by atoms with Crippen molar-refractivity contribution in [3.63, 3.8) is 0 Å². The lowest BCUT2D eigenvalue weighted by Gasteiger charge is -2.43. The van der Waals surface area contributed by atoms with Crippen molar-refractivity contribution in [1.82, 2.24) is 4.90 Å². The average molecular weight is 396 g/mol. The maximum atomic E-state index is 12.7. The molecule has 2 fully saturated rings. The highest BCUT2D eigenvalue weighted by Crippen LogP contribution is 2.42. The van der Waals surface area contributed by atoms with Crippen LogP contribution in [0.3, 0.4) is 0 Å². The van der Waals surface area contributed by atoms with Crippen LogP contribution in [-0.4, -0.2) is 43.5 Å². The summed E-state index contributed by atoms with van der Waals surface area (Å²) in [6, 6.07) is 7.46. The van der Waals surface area contributed by atoms with Crippen molar-refractivity contribution >= 4 is 29.9 Å². The number of likely N-dealkylation sites (N-methyl/N-ethyl adjacent to an activating group) is 1. The molecule has 2 bridgehead atoms. The van der Waals surface area contributed by atoms with Gasteiger partial charge in [-0.3, -0.25) is 9.59 Å². The Balaban J connectivity index is 0.00000261. The molecule has 0 aliphatic heterocycles. The number of nitrogens with zero attached hydrogens (tertiary/aromatic N) is 1. The summed E-state index contributed by atoms with van der Waals surface area (Å²) in [4.78, 5) is 25.8. The van der Waals surface area contributed by atoms with E-state index in [9.17, 15) is 9.59 Å². The molecule has 7 heteroatoms. The third-order valence-electron chi connectivity index (χ3n) is 5.75. The first kappa shape index (κ1) is 21.5. The lowest BCUT2D eigenvalue weighted by atomic mass is 9.65. The van der Waals surface area contributed by atoms with Crippen LogP contribution in [0.4, 0.5) is 5.69 Å². The molecule has 2 aliphatic rings. The van der Waals surface area contributed by atoms with Gasteiger partial charge in [0.1, 0.15) is 5.75 Å². The minimum absolute atomic E-state index is 0. The van der Waals surface area contributed by atoms with Gasteiger partial charge in [-0.15, -0.1) is 12.4 Å². The van der Waals surface area contributed by atoms with Crippen LogP contribution in [0.1, 0.15) is 32.1 Å². The third-order valence-corrected chi connectivity index (χ3v) is 5.75. The molecule has 3 rings (SSSR count). The zero-order valence-corrected chi connectivity index (χ0v) is 16.8. The van der Waals surface area contributed by atoms with Crippen molar-refractivity contribution in [2.75, 3.05) is 26.0 Å². The van der Waals surface area contributed by atoms with Crippen LogP contribution in [0, 0.1) is 17.8 Å². The molecule has 2 unspecified atom stereocenters. The Bertz CT molecular complexity index is 654. The highest BCUT2D eigenvalue weighted by Gasteiger charge is 2.40. The number of halogens is 1. The lowest BCUT2D eigenvalue weighted by molar-refractivity contribution is -0.130. The molecule has 0 spiro atoms. The average Bonchev–Trinajstić information content (AvgIpc) is 2.59. The fourth-order valence-corrected chi connectivity index (χ4v) is 4.19. The molecule has 150 valence electrons. The standard InChI is InChI=1S/C20H29N3O3.ClH/c1-23(2)18(24)12-26-17-8-4-7-16(11-17)22-20(25)15-9-13-5-3-6-14(10-15)19(13)21;/h4,7-8,11,13-15,19H,3,5-6,9-10,12,21H2,1-2H3,(H,22,25);1H. The van der Waals surface area contributed by atoms with E-state index >= 15 is 0 Å². The number of hydrogen-bond acceptors (Lipinski definition) is 4. The smallest absolute Gasteiger partial charge is 0.259 e. The summed E-state index contributed by atoms with van der Waals surface area (Å²) in [6.45, 7) is -0.0196. The number of carbonyl (C=O) groups excluding carboxylic acids is 2. The van der Waals surface area contributed by atoms with Crippen LogP contribution >= 0.6 is 12.4 Å². The van der Waals surface area contributed by atoms with Gasteiger partial charge in [0.2, 0.25) is 5.91 Å². The van der Waals surface area contributed by atoms with Crippen LogP contribution < -0.4 is 15.8 Å². The number of benzene rings is 1. The number of ether oxygens (including phenoxy) is 1. The molecule has 0 radical (unpaired) electrons. The van der Waals surface area contributed by atoms with Crippen molar-refractivity contribution < 1.29 is 14.3 Å². The summed E-state index contributed by atoms with van der Waals surface area (Å²) in [5.41, 5.74) is 7.02. The second kappa shape index (κ2) is 9.42. The highest BCUT2D eigenvalue weighted by atomic mass is 35.5. The quantitative estimate of drug-likeness (QED) is 0.802. The van der Waals surface area contributed by atoms with E-state index < -0.39 is 0 Å². The van der Waals surface area contributed by atoms with Gasteiger partial charge < -0.3 is 20.7 Å². The second-order valence-electron chi connectivity index (χ2n) is 7.79. The van der Waals surface area contributed by atoms with Gasteiger partial charge in [0.15, 0.2) is 6.61 Å². The number of anilines is 1. The fourth-order valence-electron chi connectivity index (χ4n) is 4.19. The summed E-state index contributed by atoms with van der Waals surface area (Å²) in [5.74, 6) is 1.51. The molecule has 2 atom stereocenters. The van der Waals surface area contributed by atoms with Crippen LogP contribution in [0.25, 0.3) is 0 Å². The second-order valence-corrected chi connectivity index (χ2v) is 7.79. The van der Waals surface area contributed by atoms with Crippen LogP contribution in [0.15, 0.2) is 24.3 Å². The number of rotatable bonds is 5. The normalized spacial score (nSPS) is 26.5. The topological polar surface area (TPSA) is 84.7 Å². The van der Waals surface area contributed by atoms with E-state index in [1.807, 2.05) is 12.1 Å². The minimum atomic E-state index is -0.107. The Hall–Kier alpha value is -1.79. The maximum absolute atomic E-state index is 12.7.